The van der Waals surface area contributed by atoms with Gasteiger partial charge in [-0.05, 0) is 74.2 Å². The molecule has 0 heterocycles. The van der Waals surface area contributed by atoms with Crippen LogP contribution in [0.5, 0.6) is 0 Å². The normalized spacial score (nSPS) is 15.0. The van der Waals surface area contributed by atoms with Crippen molar-refractivity contribution >= 4 is 0 Å². The van der Waals surface area contributed by atoms with E-state index < -0.39 is 0 Å². The Morgan fingerprint density at radius 3 is 1.84 bits per heavy atom. The Labute approximate surface area is 189 Å². The molecule has 0 bridgehead atoms. The molecule has 0 saturated heterocycles. The van der Waals surface area contributed by atoms with Crippen LogP contribution in [0.1, 0.15) is 90.5 Å². The molecule has 3 aromatic carbocycles. The second kappa shape index (κ2) is 7.37. The van der Waals surface area contributed by atoms with E-state index in [1.807, 2.05) is 0 Å². The standard InChI is InChI=1S/C31H38/c1-9-31(10-2)26-14-12-11-13-24(26)25-17-15-21(19-28(25)31)23-18-16-22(29(3,4)5)20-27(23)30(6,7)8/h11-20H,9-10H2,1-8H3. The van der Waals surface area contributed by atoms with E-state index >= 15 is 0 Å². The molecule has 162 valence electrons. The Kier molecular flexibility index (Phi) is 5.20. The molecule has 0 amide bonds. The number of hydrogen-bond acceptors (Lipinski definition) is 0. The van der Waals surface area contributed by atoms with Crippen LogP contribution in [0.15, 0.2) is 60.7 Å². The summed E-state index contributed by atoms with van der Waals surface area (Å²) >= 11 is 0. The molecule has 0 spiro atoms. The maximum absolute atomic E-state index is 2.50. The average molecular weight is 411 g/mol. The van der Waals surface area contributed by atoms with Crippen LogP contribution in [-0.2, 0) is 16.2 Å². The first-order valence-corrected chi connectivity index (χ1v) is 11.9. The Balaban J connectivity index is 1.95. The van der Waals surface area contributed by atoms with Crippen molar-refractivity contribution in [1.29, 1.82) is 0 Å². The minimum Gasteiger partial charge on any atom is -0.0642 e. The van der Waals surface area contributed by atoms with Crippen molar-refractivity contribution in [2.24, 2.45) is 0 Å². The summed E-state index contributed by atoms with van der Waals surface area (Å²) < 4.78 is 0. The van der Waals surface area contributed by atoms with Gasteiger partial charge in [0.1, 0.15) is 0 Å². The van der Waals surface area contributed by atoms with Crippen LogP contribution < -0.4 is 0 Å². The van der Waals surface area contributed by atoms with Crippen molar-refractivity contribution in [3.8, 4) is 22.3 Å². The van der Waals surface area contributed by atoms with Gasteiger partial charge in [0.15, 0.2) is 0 Å². The van der Waals surface area contributed by atoms with Gasteiger partial charge in [-0.2, -0.15) is 0 Å². The summed E-state index contributed by atoms with van der Waals surface area (Å²) in [6.45, 7) is 18.6. The molecule has 0 N–H and O–H groups in total. The van der Waals surface area contributed by atoms with E-state index in [4.69, 9.17) is 0 Å². The second-order valence-corrected chi connectivity index (χ2v) is 11.4. The molecule has 0 fully saturated rings. The number of fused-ring (bicyclic) bond motifs is 3. The Morgan fingerprint density at radius 2 is 1.23 bits per heavy atom. The van der Waals surface area contributed by atoms with E-state index in [1.165, 1.54) is 44.5 Å². The maximum Gasteiger partial charge on any atom is 0.0210 e. The zero-order valence-electron chi connectivity index (χ0n) is 20.7. The molecule has 0 unspecified atom stereocenters. The van der Waals surface area contributed by atoms with Gasteiger partial charge >= 0.3 is 0 Å². The van der Waals surface area contributed by atoms with Gasteiger partial charge in [-0.3, -0.25) is 0 Å². The summed E-state index contributed by atoms with van der Waals surface area (Å²) in [6.07, 6.45) is 2.26. The first kappa shape index (κ1) is 21.9. The highest BCUT2D eigenvalue weighted by Gasteiger charge is 2.40. The molecule has 0 atom stereocenters. The summed E-state index contributed by atoms with van der Waals surface area (Å²) in [4.78, 5) is 0. The fourth-order valence-corrected chi connectivity index (χ4v) is 5.52. The number of benzene rings is 3. The minimum atomic E-state index is 0.0885. The molecule has 0 heteroatoms. The van der Waals surface area contributed by atoms with Crippen molar-refractivity contribution < 1.29 is 0 Å². The summed E-state index contributed by atoms with van der Waals surface area (Å²) in [6, 6.07) is 23.4. The van der Waals surface area contributed by atoms with Gasteiger partial charge < -0.3 is 0 Å². The molecular weight excluding hydrogens is 372 g/mol. The van der Waals surface area contributed by atoms with Gasteiger partial charge in [0.05, 0.1) is 0 Å². The molecule has 0 nitrogen and oxygen atoms in total. The summed E-state index contributed by atoms with van der Waals surface area (Å²) in [5.74, 6) is 0. The van der Waals surface area contributed by atoms with E-state index in [2.05, 4.69) is 116 Å². The molecule has 4 rings (SSSR count). The maximum atomic E-state index is 2.50. The molecule has 31 heavy (non-hydrogen) atoms. The van der Waals surface area contributed by atoms with Gasteiger partial charge in [0.25, 0.3) is 0 Å². The molecular formula is C31H38. The first-order chi connectivity index (χ1) is 14.5. The van der Waals surface area contributed by atoms with Gasteiger partial charge in [0.2, 0.25) is 0 Å². The molecule has 1 aliphatic carbocycles. The predicted octanol–water partition coefficient (Wildman–Crippen LogP) is 9.04. The van der Waals surface area contributed by atoms with Crippen LogP contribution in [0.2, 0.25) is 0 Å². The summed E-state index contributed by atoms with van der Waals surface area (Å²) in [7, 11) is 0. The van der Waals surface area contributed by atoms with Gasteiger partial charge in [-0.15, -0.1) is 0 Å². The fourth-order valence-electron chi connectivity index (χ4n) is 5.52. The lowest BCUT2D eigenvalue weighted by Crippen LogP contribution is -2.23. The van der Waals surface area contributed by atoms with Gasteiger partial charge in [-0.1, -0.05) is 110 Å². The van der Waals surface area contributed by atoms with E-state index in [0.717, 1.165) is 12.8 Å². The molecule has 3 aromatic rings. The molecule has 0 saturated carbocycles. The second-order valence-electron chi connectivity index (χ2n) is 11.4. The topological polar surface area (TPSA) is 0 Å². The highest BCUT2D eigenvalue weighted by Crippen LogP contribution is 2.53. The number of rotatable bonds is 3. The van der Waals surface area contributed by atoms with Crippen LogP contribution >= 0.6 is 0 Å². The molecule has 0 aliphatic heterocycles. The van der Waals surface area contributed by atoms with E-state index in [0.29, 0.717) is 0 Å². The molecule has 0 radical (unpaired) electrons. The first-order valence-electron chi connectivity index (χ1n) is 11.9. The van der Waals surface area contributed by atoms with E-state index in [1.54, 1.807) is 0 Å². The van der Waals surface area contributed by atoms with Crippen LogP contribution in [0.25, 0.3) is 22.3 Å². The number of hydrogen-bond donors (Lipinski definition) is 0. The SMILES string of the molecule is CCC1(CC)c2ccccc2-c2ccc(-c3ccc(C(C)(C)C)cc3C(C)(C)C)cc21. The third-order valence-electron chi connectivity index (χ3n) is 7.48. The molecule has 1 aliphatic rings. The Morgan fingerprint density at radius 1 is 0.613 bits per heavy atom. The zero-order chi connectivity index (χ0) is 22.6. The highest BCUT2D eigenvalue weighted by molar-refractivity contribution is 5.84. The lowest BCUT2D eigenvalue weighted by Gasteiger charge is -2.31. The van der Waals surface area contributed by atoms with Crippen molar-refractivity contribution in [1.82, 2.24) is 0 Å². The summed E-state index contributed by atoms with van der Waals surface area (Å²) in [5.41, 5.74) is 11.8. The minimum absolute atomic E-state index is 0.0885. The molecule has 0 aromatic heterocycles. The quantitative estimate of drug-likeness (QED) is 0.404. The average Bonchev–Trinajstić information content (AvgIpc) is 3.01. The predicted molar refractivity (Wildman–Crippen MR) is 136 cm³/mol. The van der Waals surface area contributed by atoms with Crippen LogP contribution in [0.3, 0.4) is 0 Å². The summed E-state index contributed by atoms with van der Waals surface area (Å²) in [5, 5.41) is 0. The Bertz CT molecular complexity index is 1110. The van der Waals surface area contributed by atoms with Crippen LogP contribution in [-0.4, -0.2) is 0 Å². The van der Waals surface area contributed by atoms with E-state index in [-0.39, 0.29) is 16.2 Å². The lowest BCUT2D eigenvalue weighted by molar-refractivity contribution is 0.490. The zero-order valence-corrected chi connectivity index (χ0v) is 20.7. The fraction of sp³-hybridized carbons (Fsp3) is 0.419. The van der Waals surface area contributed by atoms with Gasteiger partial charge in [-0.25, -0.2) is 0 Å². The Hall–Kier alpha value is -2.34. The van der Waals surface area contributed by atoms with Gasteiger partial charge in [0, 0.05) is 5.41 Å². The van der Waals surface area contributed by atoms with Crippen molar-refractivity contribution in [3.63, 3.8) is 0 Å². The largest absolute Gasteiger partial charge is 0.0642 e. The monoisotopic (exact) mass is 410 g/mol. The third-order valence-corrected chi connectivity index (χ3v) is 7.48. The lowest BCUT2D eigenvalue weighted by atomic mass is 9.73. The highest BCUT2D eigenvalue weighted by atomic mass is 14.4. The smallest absolute Gasteiger partial charge is 0.0210 e. The third kappa shape index (κ3) is 3.45. The van der Waals surface area contributed by atoms with Crippen LogP contribution in [0.4, 0.5) is 0 Å². The van der Waals surface area contributed by atoms with Crippen molar-refractivity contribution in [2.75, 3.05) is 0 Å². The van der Waals surface area contributed by atoms with Crippen molar-refractivity contribution in [2.45, 2.75) is 84.5 Å². The van der Waals surface area contributed by atoms with Crippen molar-refractivity contribution in [3.05, 3.63) is 82.9 Å². The van der Waals surface area contributed by atoms with Crippen LogP contribution in [0, 0.1) is 0 Å². The van der Waals surface area contributed by atoms with E-state index in [9.17, 15) is 0 Å².